The summed E-state index contributed by atoms with van der Waals surface area (Å²) in [4.78, 5) is 8.49. The summed E-state index contributed by atoms with van der Waals surface area (Å²) < 4.78 is 22.8. The smallest absolute Gasteiger partial charge is 0.175 e. The lowest BCUT2D eigenvalue weighted by molar-refractivity contribution is 0.602. The van der Waals surface area contributed by atoms with Crippen LogP contribution in [0.1, 0.15) is 11.4 Å². The van der Waals surface area contributed by atoms with E-state index in [-0.39, 0.29) is 4.90 Å². The van der Waals surface area contributed by atoms with E-state index in [2.05, 4.69) is 15.3 Å². The maximum atomic E-state index is 11.4. The third-order valence-electron chi connectivity index (χ3n) is 2.64. The summed E-state index contributed by atoms with van der Waals surface area (Å²) in [5.41, 5.74) is 1.25. The molecule has 0 saturated carbocycles. The normalized spacial score (nSPS) is 11.1. The van der Waals surface area contributed by atoms with Crippen LogP contribution in [0.3, 0.4) is 0 Å². The van der Waals surface area contributed by atoms with E-state index < -0.39 is 9.84 Å². The van der Waals surface area contributed by atoms with E-state index in [4.69, 9.17) is 5.41 Å². The molecule has 104 valence electrons. The summed E-state index contributed by atoms with van der Waals surface area (Å²) in [6.45, 7) is 1.76. The highest BCUT2D eigenvalue weighted by molar-refractivity contribution is 7.90. The van der Waals surface area contributed by atoms with Crippen molar-refractivity contribution in [2.45, 2.75) is 11.8 Å². The number of nitrogens with one attached hydrogen (secondary N) is 2. The zero-order valence-electron chi connectivity index (χ0n) is 11.1. The number of benzene rings is 1. The molecule has 2 rings (SSSR count). The summed E-state index contributed by atoms with van der Waals surface area (Å²) in [5, 5.41) is 10.4. The first kappa shape index (κ1) is 14.1. The molecule has 2 aromatic rings. The molecule has 1 aromatic carbocycles. The predicted octanol–water partition coefficient (Wildman–Crippen LogP) is 1.93. The van der Waals surface area contributed by atoms with Crippen LogP contribution in [-0.4, -0.2) is 30.9 Å². The molecule has 0 fully saturated rings. The summed E-state index contributed by atoms with van der Waals surface area (Å²) in [5.74, 6) is 1.10. The van der Waals surface area contributed by atoms with Crippen LogP contribution in [0.15, 0.2) is 35.4 Å². The molecule has 2 N–H and O–H groups in total. The van der Waals surface area contributed by atoms with E-state index in [1.165, 1.54) is 12.1 Å². The number of anilines is 2. The molecule has 0 radical (unpaired) electrons. The third-order valence-corrected chi connectivity index (χ3v) is 3.77. The van der Waals surface area contributed by atoms with Gasteiger partial charge in [-0.15, -0.1) is 0 Å². The van der Waals surface area contributed by atoms with Crippen molar-refractivity contribution in [3.63, 3.8) is 0 Å². The Morgan fingerprint density at radius 2 is 1.90 bits per heavy atom. The second kappa shape index (κ2) is 5.38. The molecule has 6 nitrogen and oxygen atoms in total. The second-order valence-electron chi connectivity index (χ2n) is 4.29. The van der Waals surface area contributed by atoms with Crippen molar-refractivity contribution in [3.8, 4) is 0 Å². The monoisotopic (exact) mass is 290 g/mol. The lowest BCUT2D eigenvalue weighted by Gasteiger charge is -2.09. The van der Waals surface area contributed by atoms with Gasteiger partial charge in [0.2, 0.25) is 0 Å². The first-order chi connectivity index (χ1) is 9.40. The Bertz CT molecular complexity index is 739. The Morgan fingerprint density at radius 1 is 1.25 bits per heavy atom. The van der Waals surface area contributed by atoms with Crippen molar-refractivity contribution in [3.05, 3.63) is 41.9 Å². The van der Waals surface area contributed by atoms with Gasteiger partial charge in [-0.1, -0.05) is 0 Å². The van der Waals surface area contributed by atoms with Gasteiger partial charge in [-0.25, -0.2) is 18.4 Å². The second-order valence-corrected chi connectivity index (χ2v) is 6.30. The van der Waals surface area contributed by atoms with Crippen molar-refractivity contribution >= 4 is 27.6 Å². The van der Waals surface area contributed by atoms with Crippen molar-refractivity contribution in [1.29, 1.82) is 5.41 Å². The third kappa shape index (κ3) is 3.18. The van der Waals surface area contributed by atoms with E-state index in [9.17, 15) is 8.42 Å². The zero-order chi connectivity index (χ0) is 14.8. The van der Waals surface area contributed by atoms with Crippen LogP contribution in [0, 0.1) is 12.3 Å². The fourth-order valence-corrected chi connectivity index (χ4v) is 2.24. The number of rotatable bonds is 4. The molecule has 0 aliphatic rings. The van der Waals surface area contributed by atoms with Gasteiger partial charge in [0.05, 0.1) is 10.5 Å². The molecule has 1 heterocycles. The van der Waals surface area contributed by atoms with Gasteiger partial charge < -0.3 is 10.7 Å². The van der Waals surface area contributed by atoms with Gasteiger partial charge in [0.25, 0.3) is 0 Å². The molecule has 0 aliphatic carbocycles. The average Bonchev–Trinajstić information content (AvgIpc) is 2.38. The minimum atomic E-state index is -3.20. The molecule has 0 spiro atoms. The molecule has 0 bridgehead atoms. The van der Waals surface area contributed by atoms with Crippen LogP contribution in [0.4, 0.5) is 11.5 Å². The van der Waals surface area contributed by atoms with E-state index in [0.717, 1.165) is 12.5 Å². The SMILES string of the molecule is Cc1ncc(C=N)c(Nc2ccc(S(C)(=O)=O)cc2)n1. The predicted molar refractivity (Wildman–Crippen MR) is 77.5 cm³/mol. The highest BCUT2D eigenvalue weighted by Crippen LogP contribution is 2.19. The van der Waals surface area contributed by atoms with E-state index >= 15 is 0 Å². The molecule has 0 saturated heterocycles. The molecule has 1 aromatic heterocycles. The van der Waals surface area contributed by atoms with Gasteiger partial charge in [-0.05, 0) is 31.2 Å². The van der Waals surface area contributed by atoms with Crippen LogP contribution in [0.2, 0.25) is 0 Å². The van der Waals surface area contributed by atoms with E-state index in [1.807, 2.05) is 0 Å². The highest BCUT2D eigenvalue weighted by Gasteiger charge is 2.08. The fraction of sp³-hybridized carbons (Fsp3) is 0.154. The quantitative estimate of drug-likeness (QED) is 0.839. The van der Waals surface area contributed by atoms with Crippen molar-refractivity contribution in [2.24, 2.45) is 0 Å². The van der Waals surface area contributed by atoms with Crippen molar-refractivity contribution < 1.29 is 8.42 Å². The van der Waals surface area contributed by atoms with Crippen LogP contribution in [0.25, 0.3) is 0 Å². The Balaban J connectivity index is 2.31. The standard InChI is InChI=1S/C13H14N4O2S/c1-9-15-8-10(7-14)13(16-9)17-11-3-5-12(6-4-11)20(2,18)19/h3-8,14H,1-2H3,(H,15,16,17). The van der Waals surface area contributed by atoms with Crippen LogP contribution in [0.5, 0.6) is 0 Å². The number of hydrogen-bond donors (Lipinski definition) is 2. The number of aryl methyl sites for hydroxylation is 1. The molecule has 20 heavy (non-hydrogen) atoms. The van der Waals surface area contributed by atoms with Gasteiger partial charge in [-0.3, -0.25) is 0 Å². The first-order valence-electron chi connectivity index (χ1n) is 5.81. The molecule has 0 amide bonds. The van der Waals surface area contributed by atoms with Gasteiger partial charge in [-0.2, -0.15) is 0 Å². The Labute approximate surface area is 117 Å². The fourth-order valence-electron chi connectivity index (χ4n) is 1.61. The van der Waals surface area contributed by atoms with Gasteiger partial charge in [0.1, 0.15) is 11.6 Å². The number of sulfone groups is 1. The summed E-state index contributed by atoms with van der Waals surface area (Å²) >= 11 is 0. The van der Waals surface area contributed by atoms with Gasteiger partial charge in [0, 0.05) is 24.4 Å². The lowest BCUT2D eigenvalue weighted by Crippen LogP contribution is -2.02. The van der Waals surface area contributed by atoms with Crippen molar-refractivity contribution in [1.82, 2.24) is 9.97 Å². The van der Waals surface area contributed by atoms with Gasteiger partial charge in [0.15, 0.2) is 9.84 Å². The average molecular weight is 290 g/mol. The van der Waals surface area contributed by atoms with Crippen LogP contribution < -0.4 is 5.32 Å². The topological polar surface area (TPSA) is 95.8 Å². The summed E-state index contributed by atoms with van der Waals surface area (Å²) in [7, 11) is -3.20. The Kier molecular flexibility index (Phi) is 3.80. The van der Waals surface area contributed by atoms with Crippen LogP contribution in [-0.2, 0) is 9.84 Å². The number of hydrogen-bond acceptors (Lipinski definition) is 6. The number of aromatic nitrogens is 2. The molecule has 7 heteroatoms. The van der Waals surface area contributed by atoms with Crippen LogP contribution >= 0.6 is 0 Å². The summed E-state index contributed by atoms with van der Waals surface area (Å²) in [6, 6.07) is 6.36. The van der Waals surface area contributed by atoms with Gasteiger partial charge >= 0.3 is 0 Å². The largest absolute Gasteiger partial charge is 0.340 e. The maximum Gasteiger partial charge on any atom is 0.175 e. The Hall–Kier alpha value is -2.28. The number of nitrogens with zero attached hydrogens (tertiary/aromatic N) is 2. The molecule has 0 aliphatic heterocycles. The lowest BCUT2D eigenvalue weighted by atomic mass is 10.3. The minimum absolute atomic E-state index is 0.259. The first-order valence-corrected chi connectivity index (χ1v) is 7.70. The zero-order valence-corrected chi connectivity index (χ0v) is 11.9. The summed E-state index contributed by atoms with van der Waals surface area (Å²) in [6.07, 6.45) is 3.88. The van der Waals surface area contributed by atoms with Crippen molar-refractivity contribution in [2.75, 3.05) is 11.6 Å². The van der Waals surface area contributed by atoms with E-state index in [0.29, 0.717) is 22.9 Å². The minimum Gasteiger partial charge on any atom is -0.340 e. The molecular formula is C13H14N4O2S. The van der Waals surface area contributed by atoms with E-state index in [1.54, 1.807) is 25.3 Å². The Morgan fingerprint density at radius 3 is 2.45 bits per heavy atom. The molecular weight excluding hydrogens is 276 g/mol. The maximum absolute atomic E-state index is 11.4. The molecule has 0 unspecified atom stereocenters. The molecule has 0 atom stereocenters. The highest BCUT2D eigenvalue weighted by atomic mass is 32.2.